The summed E-state index contributed by atoms with van der Waals surface area (Å²) in [6, 6.07) is 17.9. The van der Waals surface area contributed by atoms with E-state index in [1.807, 2.05) is 54.6 Å². The molecule has 3 heteroatoms. The Hall–Kier alpha value is -1.32. The third-order valence-corrected chi connectivity index (χ3v) is 3.89. The van der Waals surface area contributed by atoms with Crippen LogP contribution in [0, 0.1) is 0 Å². The molecule has 0 amide bonds. The topological polar surface area (TPSA) is 9.23 Å². The van der Waals surface area contributed by atoms with Crippen LogP contribution in [0.25, 0.3) is 9.81 Å². The summed E-state index contributed by atoms with van der Waals surface area (Å²) in [5.41, 5.74) is 2.16. The van der Waals surface area contributed by atoms with Crippen molar-refractivity contribution in [3.8, 4) is 5.75 Å². The summed E-state index contributed by atoms with van der Waals surface area (Å²) in [6.45, 7) is 0. The minimum atomic E-state index is 0.843. The van der Waals surface area contributed by atoms with Crippen molar-refractivity contribution >= 4 is 35.1 Å². The van der Waals surface area contributed by atoms with Crippen molar-refractivity contribution in [2.24, 2.45) is 0 Å². The number of hydrogen-bond acceptors (Lipinski definition) is 2. The van der Waals surface area contributed by atoms with Gasteiger partial charge in [0.25, 0.3) is 0 Å². The van der Waals surface area contributed by atoms with E-state index >= 15 is 0 Å². The van der Waals surface area contributed by atoms with Gasteiger partial charge in [-0.05, 0) is 54.6 Å². The van der Waals surface area contributed by atoms with Crippen LogP contribution in [0.1, 0.15) is 11.1 Å². The first-order chi connectivity index (χ1) is 8.72. The predicted molar refractivity (Wildman–Crippen MR) is 85.4 cm³/mol. The summed E-state index contributed by atoms with van der Waals surface area (Å²) in [4.78, 5) is 1.88. The maximum atomic E-state index is 5.14. The van der Waals surface area contributed by atoms with Gasteiger partial charge in [0.15, 0.2) is 4.91 Å². The molecule has 0 saturated heterocycles. The van der Waals surface area contributed by atoms with Gasteiger partial charge in [-0.3, -0.25) is 0 Å². The number of thiol groups is 1. The molecule has 0 aliphatic heterocycles. The van der Waals surface area contributed by atoms with Gasteiger partial charge in [0.1, 0.15) is 5.75 Å². The van der Waals surface area contributed by atoms with E-state index in [2.05, 4.69) is 25.3 Å². The molecule has 0 atom stereocenters. The van der Waals surface area contributed by atoms with Crippen LogP contribution in [0.2, 0.25) is 0 Å². The predicted octanol–water partition coefficient (Wildman–Crippen LogP) is 3.46. The standard InChI is InChI=1S/C15H14OS2/c1-16-13-9-7-12(8-10-13)15(18)14(17)11-5-3-2-4-6-11/h2-10,17-18H,1H3/p+1/b15-14-. The van der Waals surface area contributed by atoms with Crippen molar-refractivity contribution in [1.29, 1.82) is 0 Å². The molecular formula is C15H15OS2+. The summed E-state index contributed by atoms with van der Waals surface area (Å²) in [7, 11) is 1.66. The largest absolute Gasteiger partial charge is 0.497 e. The van der Waals surface area contributed by atoms with Gasteiger partial charge in [-0.25, -0.2) is 0 Å². The van der Waals surface area contributed by atoms with Crippen LogP contribution >= 0.6 is 12.6 Å². The highest BCUT2D eigenvalue weighted by Crippen LogP contribution is 2.29. The summed E-state index contributed by atoms with van der Waals surface area (Å²) in [5.74, 6) is 0.843. The SMILES string of the molecule is COc1ccc(/C(S)=C(/[SH2+])c2ccccc2)cc1. The lowest BCUT2D eigenvalue weighted by molar-refractivity contribution is 0.415. The molecule has 2 aromatic rings. The van der Waals surface area contributed by atoms with E-state index in [-0.39, 0.29) is 0 Å². The lowest BCUT2D eigenvalue weighted by Crippen LogP contribution is -1.86. The molecule has 18 heavy (non-hydrogen) atoms. The highest BCUT2D eigenvalue weighted by Gasteiger charge is 2.10. The van der Waals surface area contributed by atoms with E-state index in [4.69, 9.17) is 4.74 Å². The lowest BCUT2D eigenvalue weighted by atomic mass is 10.1. The van der Waals surface area contributed by atoms with Gasteiger partial charge in [0.2, 0.25) is 0 Å². The molecule has 0 saturated carbocycles. The molecule has 0 radical (unpaired) electrons. The Labute approximate surface area is 118 Å². The Bertz CT molecular complexity index is 544. The number of hydrogen-bond donors (Lipinski definition) is 1. The smallest absolute Gasteiger partial charge is 0.171 e. The molecule has 0 bridgehead atoms. The van der Waals surface area contributed by atoms with Crippen LogP contribution in [0.3, 0.4) is 0 Å². The number of rotatable bonds is 3. The van der Waals surface area contributed by atoms with Crippen LogP contribution < -0.4 is 4.74 Å². The second kappa shape index (κ2) is 6.03. The minimum absolute atomic E-state index is 0.843. The highest BCUT2D eigenvalue weighted by atomic mass is 32.1. The first-order valence-corrected chi connectivity index (χ1v) is 6.52. The first kappa shape index (κ1) is 13.1. The average molecular weight is 275 g/mol. The van der Waals surface area contributed by atoms with Crippen molar-refractivity contribution in [1.82, 2.24) is 0 Å². The molecule has 2 rings (SSSR count). The molecule has 0 aliphatic rings. The Morgan fingerprint density at radius 2 is 1.56 bits per heavy atom. The average Bonchev–Trinajstić information content (AvgIpc) is 2.47. The molecule has 0 N–H and O–H groups in total. The summed E-state index contributed by atoms with van der Waals surface area (Å²) >= 11 is 8.23. The van der Waals surface area contributed by atoms with Crippen LogP contribution in [-0.4, -0.2) is 7.11 Å². The molecule has 92 valence electrons. The maximum absolute atomic E-state index is 5.14. The Morgan fingerprint density at radius 1 is 0.944 bits per heavy atom. The summed E-state index contributed by atoms with van der Waals surface area (Å²) in [6.07, 6.45) is 0. The summed E-state index contributed by atoms with van der Waals surface area (Å²) in [5, 5.41) is 0. The third kappa shape index (κ3) is 2.92. The van der Waals surface area contributed by atoms with E-state index in [1.54, 1.807) is 7.11 Å². The quantitative estimate of drug-likeness (QED) is 0.513. The molecule has 0 heterocycles. The van der Waals surface area contributed by atoms with Gasteiger partial charge in [-0.15, -0.1) is 12.6 Å². The normalized spacial score (nSPS) is 11.9. The van der Waals surface area contributed by atoms with E-state index in [0.29, 0.717) is 0 Å². The minimum Gasteiger partial charge on any atom is -0.497 e. The zero-order valence-corrected chi connectivity index (χ0v) is 11.9. The molecule has 0 unspecified atom stereocenters. The molecule has 0 fully saturated rings. The maximum Gasteiger partial charge on any atom is 0.171 e. The van der Waals surface area contributed by atoms with E-state index in [0.717, 1.165) is 26.7 Å². The van der Waals surface area contributed by atoms with Crippen molar-refractivity contribution in [3.05, 3.63) is 65.7 Å². The van der Waals surface area contributed by atoms with Crippen molar-refractivity contribution in [2.75, 3.05) is 7.11 Å². The zero-order valence-electron chi connectivity index (χ0n) is 10.1. The van der Waals surface area contributed by atoms with Gasteiger partial charge in [0, 0.05) is 5.56 Å². The van der Waals surface area contributed by atoms with Crippen LogP contribution in [0.4, 0.5) is 0 Å². The molecular weight excluding hydrogens is 260 g/mol. The van der Waals surface area contributed by atoms with Crippen molar-refractivity contribution < 1.29 is 4.74 Å². The fourth-order valence-electron chi connectivity index (χ4n) is 1.63. The molecule has 0 aliphatic carbocycles. The Morgan fingerprint density at radius 3 is 2.11 bits per heavy atom. The molecule has 1 nitrogen and oxygen atoms in total. The van der Waals surface area contributed by atoms with Gasteiger partial charge in [-0.2, -0.15) is 0 Å². The van der Waals surface area contributed by atoms with Crippen LogP contribution in [0.5, 0.6) is 5.75 Å². The third-order valence-electron chi connectivity index (χ3n) is 2.66. The van der Waals surface area contributed by atoms with E-state index in [9.17, 15) is 0 Å². The number of ether oxygens (including phenoxy) is 1. The first-order valence-electron chi connectivity index (χ1n) is 5.57. The van der Waals surface area contributed by atoms with Crippen LogP contribution in [0.15, 0.2) is 54.6 Å². The molecule has 2 aromatic carbocycles. The monoisotopic (exact) mass is 275 g/mol. The van der Waals surface area contributed by atoms with Gasteiger partial charge >= 0.3 is 0 Å². The number of benzene rings is 2. The second-order valence-corrected chi connectivity index (χ2v) is 4.77. The van der Waals surface area contributed by atoms with E-state index < -0.39 is 0 Å². The second-order valence-electron chi connectivity index (χ2n) is 3.82. The van der Waals surface area contributed by atoms with Gasteiger partial charge in [0.05, 0.1) is 12.0 Å². The van der Waals surface area contributed by atoms with E-state index in [1.165, 1.54) is 0 Å². The lowest BCUT2D eigenvalue weighted by Gasteiger charge is -2.04. The molecule has 0 aromatic heterocycles. The fraction of sp³-hybridized carbons (Fsp3) is 0.0667. The highest BCUT2D eigenvalue weighted by molar-refractivity contribution is 7.92. The summed E-state index contributed by atoms with van der Waals surface area (Å²) < 4.78 is 5.14. The number of methoxy groups -OCH3 is 1. The Balaban J connectivity index is 2.37. The van der Waals surface area contributed by atoms with Crippen LogP contribution in [-0.2, 0) is 12.6 Å². The zero-order chi connectivity index (χ0) is 13.0. The Kier molecular flexibility index (Phi) is 4.39. The van der Waals surface area contributed by atoms with Gasteiger partial charge in [-0.1, -0.05) is 18.2 Å². The van der Waals surface area contributed by atoms with Gasteiger partial charge < -0.3 is 4.74 Å². The fourth-order valence-corrected chi connectivity index (χ4v) is 2.22. The molecule has 0 spiro atoms. The van der Waals surface area contributed by atoms with Crippen molar-refractivity contribution in [3.63, 3.8) is 0 Å². The van der Waals surface area contributed by atoms with Crippen molar-refractivity contribution in [2.45, 2.75) is 0 Å².